The summed E-state index contributed by atoms with van der Waals surface area (Å²) in [5.74, 6) is -1.26. The van der Waals surface area contributed by atoms with Gasteiger partial charge in [-0.05, 0) is 42.0 Å². The van der Waals surface area contributed by atoms with Crippen LogP contribution in [0.25, 0.3) is 11.0 Å². The molecule has 10 heteroatoms. The van der Waals surface area contributed by atoms with Crippen molar-refractivity contribution in [3.05, 3.63) is 77.9 Å². The highest BCUT2D eigenvalue weighted by atomic mass is 32.2. The highest BCUT2D eigenvalue weighted by Crippen LogP contribution is 2.26. The van der Waals surface area contributed by atoms with Crippen LogP contribution in [0.15, 0.2) is 71.9 Å². The summed E-state index contributed by atoms with van der Waals surface area (Å²) in [6.45, 7) is 1.31. The molecule has 9 nitrogen and oxygen atoms in total. The van der Waals surface area contributed by atoms with E-state index in [1.54, 1.807) is 49.5 Å². The van der Waals surface area contributed by atoms with E-state index >= 15 is 0 Å². The van der Waals surface area contributed by atoms with E-state index in [4.69, 9.17) is 5.73 Å². The SMILES string of the molecule is CC(=O)Nc1cc(C(=O)Nc2ccccc2N)ccc1CS(=O)(=O)c1nc2ccccc2n1C. The molecule has 0 radical (unpaired) electrons. The minimum atomic E-state index is -3.87. The Morgan fingerprint density at radius 3 is 2.38 bits per heavy atom. The van der Waals surface area contributed by atoms with Crippen molar-refractivity contribution in [1.29, 1.82) is 0 Å². The number of nitrogens with zero attached hydrogens (tertiary/aromatic N) is 2. The Bertz CT molecular complexity index is 1530. The molecule has 0 aliphatic carbocycles. The van der Waals surface area contributed by atoms with Crippen molar-refractivity contribution in [3.8, 4) is 0 Å². The van der Waals surface area contributed by atoms with Crippen LogP contribution in [-0.2, 0) is 27.4 Å². The van der Waals surface area contributed by atoms with E-state index in [0.29, 0.717) is 28.0 Å². The molecule has 0 unspecified atom stereocenters. The number of anilines is 3. The first-order valence-electron chi connectivity index (χ1n) is 10.4. The number of sulfone groups is 1. The zero-order valence-corrected chi connectivity index (χ0v) is 19.4. The number of fused-ring (bicyclic) bond motifs is 1. The van der Waals surface area contributed by atoms with Crippen LogP contribution in [0.2, 0.25) is 0 Å². The number of aromatic nitrogens is 2. The van der Waals surface area contributed by atoms with Gasteiger partial charge in [-0.15, -0.1) is 0 Å². The predicted molar refractivity (Wildman–Crippen MR) is 131 cm³/mol. The lowest BCUT2D eigenvalue weighted by Gasteiger charge is -2.13. The number of rotatable bonds is 6. The number of imidazole rings is 1. The zero-order chi connectivity index (χ0) is 24.5. The first-order valence-corrected chi connectivity index (χ1v) is 12.0. The molecule has 174 valence electrons. The number of aryl methyl sites for hydroxylation is 1. The number of para-hydroxylation sites is 4. The molecule has 3 aromatic carbocycles. The summed E-state index contributed by atoms with van der Waals surface area (Å²) in [5, 5.41) is 5.26. The van der Waals surface area contributed by atoms with E-state index < -0.39 is 27.4 Å². The van der Waals surface area contributed by atoms with Gasteiger partial charge in [0.15, 0.2) is 0 Å². The third-order valence-corrected chi connectivity index (χ3v) is 6.87. The van der Waals surface area contributed by atoms with Crippen molar-refractivity contribution in [2.24, 2.45) is 7.05 Å². The van der Waals surface area contributed by atoms with Gasteiger partial charge in [-0.3, -0.25) is 9.59 Å². The Morgan fingerprint density at radius 1 is 0.971 bits per heavy atom. The number of carbonyl (C=O) groups excluding carboxylic acids is 2. The Balaban J connectivity index is 1.67. The van der Waals surface area contributed by atoms with E-state index in [1.807, 2.05) is 6.07 Å². The summed E-state index contributed by atoms with van der Waals surface area (Å²) in [4.78, 5) is 28.8. The van der Waals surface area contributed by atoms with E-state index in [-0.39, 0.29) is 16.4 Å². The number of nitrogen functional groups attached to an aromatic ring is 1. The van der Waals surface area contributed by atoms with Gasteiger partial charge in [0, 0.05) is 25.2 Å². The fraction of sp³-hybridized carbons (Fsp3) is 0.125. The lowest BCUT2D eigenvalue weighted by atomic mass is 10.1. The summed E-state index contributed by atoms with van der Waals surface area (Å²) in [6, 6.07) is 18.4. The molecule has 4 N–H and O–H groups in total. The summed E-state index contributed by atoms with van der Waals surface area (Å²) in [7, 11) is -2.23. The molecule has 0 saturated heterocycles. The van der Waals surface area contributed by atoms with Gasteiger partial charge in [-0.1, -0.05) is 30.3 Å². The molecule has 4 rings (SSSR count). The van der Waals surface area contributed by atoms with Crippen molar-refractivity contribution >= 4 is 49.7 Å². The van der Waals surface area contributed by atoms with Crippen LogP contribution in [-0.4, -0.2) is 29.8 Å². The van der Waals surface area contributed by atoms with Crippen molar-refractivity contribution in [1.82, 2.24) is 9.55 Å². The van der Waals surface area contributed by atoms with Crippen LogP contribution in [0.4, 0.5) is 17.1 Å². The van der Waals surface area contributed by atoms with E-state index in [2.05, 4.69) is 15.6 Å². The molecule has 0 aliphatic heterocycles. The van der Waals surface area contributed by atoms with Crippen LogP contribution >= 0.6 is 0 Å². The highest BCUT2D eigenvalue weighted by molar-refractivity contribution is 7.90. The normalized spacial score (nSPS) is 11.4. The molecule has 1 heterocycles. The summed E-state index contributed by atoms with van der Waals surface area (Å²) >= 11 is 0. The maximum atomic E-state index is 13.2. The van der Waals surface area contributed by atoms with Gasteiger partial charge in [-0.2, -0.15) is 0 Å². The molecule has 2 amide bonds. The molecule has 0 fully saturated rings. The first kappa shape index (κ1) is 23.0. The number of nitrogens with one attached hydrogen (secondary N) is 2. The monoisotopic (exact) mass is 477 g/mol. The maximum absolute atomic E-state index is 13.2. The Labute approximate surface area is 196 Å². The van der Waals surface area contributed by atoms with Gasteiger partial charge >= 0.3 is 0 Å². The molecule has 0 saturated carbocycles. The molecule has 0 spiro atoms. The zero-order valence-electron chi connectivity index (χ0n) is 18.6. The van der Waals surface area contributed by atoms with Gasteiger partial charge < -0.3 is 20.9 Å². The molecule has 34 heavy (non-hydrogen) atoms. The second-order valence-corrected chi connectivity index (χ2v) is 9.68. The van der Waals surface area contributed by atoms with Crippen molar-refractivity contribution in [2.75, 3.05) is 16.4 Å². The number of benzene rings is 3. The summed E-state index contributed by atoms with van der Waals surface area (Å²) in [5.41, 5.74) is 8.78. The molecular formula is C24H23N5O4S. The van der Waals surface area contributed by atoms with Crippen molar-refractivity contribution in [2.45, 2.75) is 17.8 Å². The second kappa shape index (κ2) is 8.99. The molecule has 1 aromatic heterocycles. The third kappa shape index (κ3) is 4.62. The lowest BCUT2D eigenvalue weighted by Crippen LogP contribution is -2.17. The number of amides is 2. The van der Waals surface area contributed by atoms with E-state index in [0.717, 1.165) is 0 Å². The molecule has 0 bridgehead atoms. The standard InChI is InChI=1S/C24H23N5O4S/c1-15(30)26-21-13-16(23(31)27-19-8-4-3-7-18(19)25)11-12-17(21)14-34(32,33)24-28-20-9-5-6-10-22(20)29(24)2/h3-13H,14,25H2,1-2H3,(H,26,30)(H,27,31). The van der Waals surface area contributed by atoms with Crippen LogP contribution in [0.1, 0.15) is 22.8 Å². The Hall–Kier alpha value is -4.18. The highest BCUT2D eigenvalue weighted by Gasteiger charge is 2.25. The summed E-state index contributed by atoms with van der Waals surface area (Å²) < 4.78 is 28.0. The fourth-order valence-corrected chi connectivity index (χ4v) is 5.17. The van der Waals surface area contributed by atoms with Crippen LogP contribution in [0, 0.1) is 0 Å². The van der Waals surface area contributed by atoms with Gasteiger partial charge in [0.2, 0.25) is 20.9 Å². The fourth-order valence-electron chi connectivity index (χ4n) is 3.63. The van der Waals surface area contributed by atoms with Gasteiger partial charge in [0.25, 0.3) is 5.91 Å². The number of hydrogen-bond donors (Lipinski definition) is 3. The topological polar surface area (TPSA) is 136 Å². The first-order chi connectivity index (χ1) is 16.2. The average molecular weight is 478 g/mol. The summed E-state index contributed by atoms with van der Waals surface area (Å²) in [6.07, 6.45) is 0. The minimum absolute atomic E-state index is 0.0798. The van der Waals surface area contributed by atoms with Crippen molar-refractivity contribution in [3.63, 3.8) is 0 Å². The van der Waals surface area contributed by atoms with Gasteiger partial charge in [-0.25, -0.2) is 13.4 Å². The van der Waals surface area contributed by atoms with Crippen molar-refractivity contribution < 1.29 is 18.0 Å². The lowest BCUT2D eigenvalue weighted by molar-refractivity contribution is -0.114. The van der Waals surface area contributed by atoms with Crippen LogP contribution in [0.3, 0.4) is 0 Å². The van der Waals surface area contributed by atoms with E-state index in [1.165, 1.54) is 29.7 Å². The van der Waals surface area contributed by atoms with Crippen LogP contribution < -0.4 is 16.4 Å². The predicted octanol–water partition coefficient (Wildman–Crippen LogP) is 3.34. The largest absolute Gasteiger partial charge is 0.397 e. The number of hydrogen-bond acceptors (Lipinski definition) is 6. The smallest absolute Gasteiger partial charge is 0.255 e. The van der Waals surface area contributed by atoms with E-state index in [9.17, 15) is 18.0 Å². The second-order valence-electron chi connectivity index (χ2n) is 7.80. The number of nitrogens with two attached hydrogens (primary N) is 1. The quantitative estimate of drug-likeness (QED) is 0.364. The molecular weight excluding hydrogens is 454 g/mol. The molecule has 0 aliphatic rings. The molecule has 4 aromatic rings. The molecule has 0 atom stereocenters. The number of carbonyl (C=O) groups is 2. The van der Waals surface area contributed by atoms with Gasteiger partial charge in [0.1, 0.15) is 0 Å². The minimum Gasteiger partial charge on any atom is -0.397 e. The third-order valence-electron chi connectivity index (χ3n) is 5.26. The average Bonchev–Trinajstić information content (AvgIpc) is 3.14. The Morgan fingerprint density at radius 2 is 1.68 bits per heavy atom. The maximum Gasteiger partial charge on any atom is 0.255 e. The van der Waals surface area contributed by atoms with Gasteiger partial charge in [0.05, 0.1) is 28.2 Å². The Kier molecular flexibility index (Phi) is 6.08. The van der Waals surface area contributed by atoms with Crippen LogP contribution in [0.5, 0.6) is 0 Å².